The number of nitrogens with zero attached hydrogens (tertiary/aromatic N) is 2. The van der Waals surface area contributed by atoms with Crippen LogP contribution in [0.1, 0.15) is 0 Å². The highest BCUT2D eigenvalue weighted by Gasteiger charge is 2.46. The van der Waals surface area contributed by atoms with Crippen molar-refractivity contribution in [2.24, 2.45) is 0 Å². The van der Waals surface area contributed by atoms with Gasteiger partial charge in [-0.2, -0.15) is 0 Å². The molecule has 0 fully saturated rings. The van der Waals surface area contributed by atoms with Crippen molar-refractivity contribution in [3.05, 3.63) is 206 Å². The van der Waals surface area contributed by atoms with Crippen molar-refractivity contribution in [2.75, 3.05) is 9.80 Å². The molecule has 0 aliphatic carbocycles. The van der Waals surface area contributed by atoms with E-state index < -0.39 is 30.4 Å². The largest absolute Gasteiger partial charge is 0.311 e. The van der Waals surface area contributed by atoms with E-state index in [9.17, 15) is 0 Å². The lowest BCUT2D eigenvalue weighted by Crippen LogP contribution is -2.62. The molecule has 0 radical (unpaired) electrons. The van der Waals surface area contributed by atoms with Gasteiger partial charge in [0, 0.05) is 85.5 Å². The Morgan fingerprint density at radius 3 is 1.12 bits per heavy atom. The topological polar surface area (TPSA) is 40.6 Å². The van der Waals surface area contributed by atoms with Crippen molar-refractivity contribution >= 4 is 141 Å². The Hall–Kier alpha value is -5.83. The second kappa shape index (κ2) is 15.3. The summed E-state index contributed by atoms with van der Waals surface area (Å²) < 4.78 is 32.2. The van der Waals surface area contributed by atoms with Gasteiger partial charge in [-0.05, 0) is 106 Å². The highest BCUT2D eigenvalue weighted by Crippen LogP contribution is 2.55. The zero-order chi connectivity index (χ0) is 46.2. The molecule has 0 aromatic heterocycles. The van der Waals surface area contributed by atoms with E-state index in [1.807, 2.05) is 84.9 Å². The van der Waals surface area contributed by atoms with Crippen LogP contribution >= 0.6 is 37.8 Å². The third-order valence-electron chi connectivity index (χ3n) is 14.7. The number of rotatable bonds is 4. The van der Waals surface area contributed by atoms with Gasteiger partial charge in [-0.15, -0.1) is 0 Å². The molecule has 2 atom stereocenters. The summed E-state index contributed by atoms with van der Waals surface area (Å²) in [4.78, 5) is 9.13. The molecule has 9 aromatic rings. The lowest BCUT2D eigenvalue weighted by atomic mass is 10.1. The molecule has 0 amide bonds. The first-order valence-electron chi connectivity index (χ1n) is 23.1. The molecule has 4 aliphatic heterocycles. The lowest BCUT2D eigenvalue weighted by Gasteiger charge is -2.46. The van der Waals surface area contributed by atoms with Gasteiger partial charge in [0.05, 0.1) is 0 Å². The van der Waals surface area contributed by atoms with Crippen LogP contribution < -0.4 is 62.4 Å². The van der Waals surface area contributed by atoms with Gasteiger partial charge >= 0.3 is 0 Å². The summed E-state index contributed by atoms with van der Waals surface area (Å²) in [5.41, 5.74) is 6.79. The third kappa shape index (κ3) is 5.95. The first-order chi connectivity index (χ1) is 33.0. The lowest BCUT2D eigenvalue weighted by molar-refractivity contribution is 0.591. The summed E-state index contributed by atoms with van der Waals surface area (Å²) in [7, 11) is -11.3. The normalized spacial score (nSPS) is 19.8. The molecular weight excluding hydrogens is 939 g/mol. The predicted molar refractivity (Wildman–Crippen MR) is 296 cm³/mol. The zero-order valence-corrected chi connectivity index (χ0v) is 43.5. The van der Waals surface area contributed by atoms with Gasteiger partial charge in [0.1, 0.15) is 16.1 Å². The Kier molecular flexibility index (Phi) is 9.54. The predicted octanol–water partition coefficient (Wildman–Crippen LogP) is 11.1. The number of fused-ring (bicyclic) bond motifs is 8. The van der Waals surface area contributed by atoms with Gasteiger partial charge in [-0.1, -0.05) is 171 Å². The van der Waals surface area contributed by atoms with Gasteiger partial charge in [0.15, 0.2) is 14.3 Å². The van der Waals surface area contributed by atoms with Crippen LogP contribution in [0.3, 0.4) is 0 Å². The van der Waals surface area contributed by atoms with Gasteiger partial charge in [-0.3, -0.25) is 0 Å². The van der Waals surface area contributed by atoms with Crippen LogP contribution in [0, 0.1) is 0 Å². The summed E-state index contributed by atoms with van der Waals surface area (Å²) in [5, 5.41) is 10.7. The summed E-state index contributed by atoms with van der Waals surface area (Å²) in [6, 6.07) is 73.0. The highest BCUT2D eigenvalue weighted by molar-refractivity contribution is 8.03. The molecule has 0 saturated carbocycles. The minimum atomic E-state index is -3.25. The maximum Gasteiger partial charge on any atom is 0.173 e. The molecule has 13 rings (SSSR count). The molecule has 330 valence electrons. The van der Waals surface area contributed by atoms with Crippen LogP contribution in [0.2, 0.25) is 26.2 Å². The first-order valence-corrected chi connectivity index (χ1v) is 34.2. The molecule has 4 aliphatic rings. The molecule has 68 heavy (non-hydrogen) atoms. The Morgan fingerprint density at radius 1 is 0.338 bits per heavy atom. The molecule has 0 saturated heterocycles. The quantitative estimate of drug-likeness (QED) is 0.129. The number of hydrogen-bond donors (Lipinski definition) is 0. The van der Waals surface area contributed by atoms with Crippen LogP contribution in [-0.2, 0) is 9.13 Å². The zero-order valence-electron chi connectivity index (χ0n) is 38.1. The van der Waals surface area contributed by atoms with Crippen molar-refractivity contribution in [1.29, 1.82) is 0 Å². The van der Waals surface area contributed by atoms with E-state index in [1.165, 1.54) is 43.5 Å². The summed E-state index contributed by atoms with van der Waals surface area (Å²) >= 11 is 3.43. The second-order valence-electron chi connectivity index (χ2n) is 19.2. The van der Waals surface area contributed by atoms with Gasteiger partial charge in [0.25, 0.3) is 0 Å². The molecule has 4 heterocycles. The molecule has 0 N–H and O–H groups in total. The van der Waals surface area contributed by atoms with Crippen molar-refractivity contribution in [3.63, 3.8) is 0 Å². The number of hydrogen-bond acceptors (Lipinski definition) is 6. The van der Waals surface area contributed by atoms with E-state index >= 15 is 9.13 Å². The average molecular weight is 985 g/mol. The van der Waals surface area contributed by atoms with E-state index in [2.05, 4.69) is 157 Å². The summed E-state index contributed by atoms with van der Waals surface area (Å²) in [6.45, 7) is 9.97. The van der Waals surface area contributed by atoms with Crippen molar-refractivity contribution in [2.45, 2.75) is 45.8 Å². The minimum absolute atomic E-state index is 0.852. The minimum Gasteiger partial charge on any atom is -0.311 e. The van der Waals surface area contributed by atoms with Crippen molar-refractivity contribution < 1.29 is 9.13 Å². The fraction of sp³-hybridized carbons (Fsp3) is 0.0690. The molecule has 10 heteroatoms. The smallest absolute Gasteiger partial charge is 0.173 e. The van der Waals surface area contributed by atoms with Crippen molar-refractivity contribution in [3.8, 4) is 0 Å². The molecule has 9 aromatic carbocycles. The van der Waals surface area contributed by atoms with Crippen LogP contribution in [0.4, 0.5) is 34.1 Å². The standard InChI is InChI=1S/C58H46N2O2P2S2Si2/c1-67(2)55-29-17-11-23-43(55)59(39-31-33-53-49(35-39)63(61,41-19-7-5-8-20-41)47-25-13-15-27-51(47)65-53)45-38-58-46(37-57(45)67)60(44-24-12-18-30-56(44)68(58,3)4)40-32-34-54-50(36-40)64(62,42-21-9-6-10-22-42)48-26-14-16-28-52(48)66-54/h5-38H,1-4H3. The van der Waals surface area contributed by atoms with Crippen LogP contribution in [0.5, 0.6) is 0 Å². The summed E-state index contributed by atoms with van der Waals surface area (Å²) in [5.74, 6) is 0. The Bertz CT molecular complexity index is 3450. The van der Waals surface area contributed by atoms with Gasteiger partial charge in [0.2, 0.25) is 0 Å². The first kappa shape index (κ1) is 42.3. The molecule has 4 nitrogen and oxygen atoms in total. The molecule has 0 bridgehead atoms. The van der Waals surface area contributed by atoms with E-state index in [1.54, 1.807) is 23.5 Å². The number of para-hydroxylation sites is 2. The van der Waals surface area contributed by atoms with Gasteiger partial charge < -0.3 is 18.9 Å². The molecule has 2 unspecified atom stereocenters. The fourth-order valence-electron chi connectivity index (χ4n) is 11.3. The highest BCUT2D eigenvalue weighted by atomic mass is 32.2. The Balaban J connectivity index is 1.04. The van der Waals surface area contributed by atoms with Crippen LogP contribution in [-0.4, -0.2) is 16.1 Å². The van der Waals surface area contributed by atoms with Crippen LogP contribution in [0.25, 0.3) is 0 Å². The van der Waals surface area contributed by atoms with Gasteiger partial charge in [-0.25, -0.2) is 0 Å². The van der Waals surface area contributed by atoms with E-state index in [4.69, 9.17) is 0 Å². The fourth-order valence-corrected chi connectivity index (χ4v) is 26.6. The van der Waals surface area contributed by atoms with E-state index in [-0.39, 0.29) is 0 Å². The Labute approximate surface area is 408 Å². The molecule has 0 spiro atoms. The summed E-state index contributed by atoms with van der Waals surface area (Å²) in [6.07, 6.45) is 0. The average Bonchev–Trinajstić information content (AvgIpc) is 3.37. The van der Waals surface area contributed by atoms with E-state index in [0.717, 1.165) is 62.8 Å². The SMILES string of the molecule is C[Si]1(C)c2ccccc2N(c2ccc3c(c2)P(=O)(c2ccccc2)c2ccccc2S3)c2cc3c(cc21)N(c1ccc2c(c1)P(=O)(c1ccccc1)c1ccccc1S2)c1ccccc1[Si]3(C)C. The second-order valence-corrected chi connectivity index (χ2v) is 35.4. The van der Waals surface area contributed by atoms with E-state index in [0.29, 0.717) is 0 Å². The Morgan fingerprint density at radius 2 is 0.691 bits per heavy atom. The number of anilines is 6. The van der Waals surface area contributed by atoms with Crippen molar-refractivity contribution in [1.82, 2.24) is 0 Å². The van der Waals surface area contributed by atoms with Crippen LogP contribution in [0.15, 0.2) is 226 Å². The maximum atomic E-state index is 16.1. The number of benzene rings is 9. The molecular formula is C58H46N2O2P2S2Si2. The monoisotopic (exact) mass is 984 g/mol. The maximum absolute atomic E-state index is 16.1. The third-order valence-corrected chi connectivity index (χ3v) is 31.0.